The lowest BCUT2D eigenvalue weighted by molar-refractivity contribution is 1.20. The van der Waals surface area contributed by atoms with Crippen molar-refractivity contribution in [3.05, 3.63) is 90.3 Å². The van der Waals surface area contributed by atoms with Crippen molar-refractivity contribution < 1.29 is 0 Å². The van der Waals surface area contributed by atoms with Gasteiger partial charge in [-0.05, 0) is 46.5 Å². The van der Waals surface area contributed by atoms with Crippen LogP contribution < -0.4 is 0 Å². The summed E-state index contributed by atoms with van der Waals surface area (Å²) in [6, 6.07) is 30.8. The summed E-state index contributed by atoms with van der Waals surface area (Å²) in [5, 5.41) is 8.68. The second-order valence-electron chi connectivity index (χ2n) is 6.68. The number of hydrogen-bond acceptors (Lipinski definition) is 1. The molecular weight excluding hydrogens is 334 g/mol. The Morgan fingerprint density at radius 1 is 0.577 bits per heavy atom. The molecule has 4 aromatic carbocycles. The topological polar surface area (TPSA) is 4.93 Å². The summed E-state index contributed by atoms with van der Waals surface area (Å²) in [5.74, 6) is 0. The van der Waals surface area contributed by atoms with Crippen LogP contribution in [0.4, 0.5) is 0 Å². The fourth-order valence-corrected chi connectivity index (χ4v) is 4.89. The van der Waals surface area contributed by atoms with Gasteiger partial charge in [0.1, 0.15) is 0 Å². The van der Waals surface area contributed by atoms with Gasteiger partial charge in [-0.15, -0.1) is 11.3 Å². The Kier molecular flexibility index (Phi) is 2.82. The molecule has 6 rings (SSSR count). The summed E-state index contributed by atoms with van der Waals surface area (Å²) in [6.07, 6.45) is 0. The van der Waals surface area contributed by atoms with Crippen LogP contribution in [0.2, 0.25) is 0 Å². The van der Waals surface area contributed by atoms with Gasteiger partial charge in [-0.2, -0.15) is 0 Å². The maximum atomic E-state index is 2.42. The minimum Gasteiger partial charge on any atom is -0.309 e. The zero-order valence-corrected chi connectivity index (χ0v) is 14.8. The predicted octanol–water partition coefficient (Wildman–Crippen LogP) is 7.15. The first-order chi connectivity index (χ1) is 12.9. The highest BCUT2D eigenvalue weighted by molar-refractivity contribution is 7.17. The normalized spacial score (nSPS) is 11.8. The van der Waals surface area contributed by atoms with Crippen molar-refractivity contribution in [1.29, 1.82) is 0 Å². The third-order valence-electron chi connectivity index (χ3n) is 5.25. The van der Waals surface area contributed by atoms with Crippen LogP contribution in [-0.4, -0.2) is 4.57 Å². The van der Waals surface area contributed by atoms with E-state index in [4.69, 9.17) is 0 Å². The van der Waals surface area contributed by atoms with Crippen LogP contribution in [0.5, 0.6) is 0 Å². The first kappa shape index (κ1) is 14.1. The average molecular weight is 349 g/mol. The van der Waals surface area contributed by atoms with Crippen LogP contribution in [0.3, 0.4) is 0 Å². The minimum atomic E-state index is 1.24. The van der Waals surface area contributed by atoms with Gasteiger partial charge in [0.25, 0.3) is 0 Å². The number of aromatic nitrogens is 1. The van der Waals surface area contributed by atoms with E-state index in [1.807, 2.05) is 0 Å². The molecule has 0 N–H and O–H groups in total. The second kappa shape index (κ2) is 5.20. The van der Waals surface area contributed by atoms with Crippen molar-refractivity contribution in [1.82, 2.24) is 4.57 Å². The Balaban J connectivity index is 1.87. The van der Waals surface area contributed by atoms with E-state index in [0.29, 0.717) is 0 Å². The summed E-state index contributed by atoms with van der Waals surface area (Å²) in [5.41, 5.74) is 3.78. The Morgan fingerprint density at radius 2 is 1.38 bits per heavy atom. The molecule has 0 saturated carbocycles. The summed E-state index contributed by atoms with van der Waals surface area (Å²) in [6.45, 7) is 0. The molecule has 0 radical (unpaired) electrons. The Labute approximate surface area is 154 Å². The van der Waals surface area contributed by atoms with E-state index in [-0.39, 0.29) is 0 Å². The molecule has 2 heterocycles. The highest BCUT2D eigenvalue weighted by atomic mass is 32.1. The molecule has 0 unspecified atom stereocenters. The summed E-state index contributed by atoms with van der Waals surface area (Å²) in [7, 11) is 0. The number of thiophene rings is 1. The van der Waals surface area contributed by atoms with Crippen molar-refractivity contribution in [3.8, 4) is 5.69 Å². The van der Waals surface area contributed by atoms with Crippen LogP contribution in [0.1, 0.15) is 0 Å². The zero-order chi connectivity index (χ0) is 17.1. The molecule has 2 aromatic heterocycles. The van der Waals surface area contributed by atoms with E-state index in [0.717, 1.165) is 0 Å². The highest BCUT2D eigenvalue weighted by Crippen LogP contribution is 2.37. The quantitative estimate of drug-likeness (QED) is 0.297. The van der Waals surface area contributed by atoms with Crippen LogP contribution in [0, 0.1) is 0 Å². The molecule has 0 aliphatic rings. The molecule has 0 bridgehead atoms. The van der Waals surface area contributed by atoms with Crippen LogP contribution in [0.15, 0.2) is 90.3 Å². The van der Waals surface area contributed by atoms with Crippen LogP contribution in [-0.2, 0) is 0 Å². The molecule has 0 saturated heterocycles. The fourth-order valence-electron chi connectivity index (χ4n) is 4.09. The molecule has 0 aliphatic heterocycles. The van der Waals surface area contributed by atoms with Crippen molar-refractivity contribution >= 4 is 54.0 Å². The predicted molar refractivity (Wildman–Crippen MR) is 114 cm³/mol. The van der Waals surface area contributed by atoms with Crippen molar-refractivity contribution in [2.75, 3.05) is 0 Å². The second-order valence-corrected chi connectivity index (χ2v) is 7.63. The van der Waals surface area contributed by atoms with Crippen LogP contribution >= 0.6 is 11.3 Å². The molecule has 0 amide bonds. The molecule has 0 atom stereocenters. The van der Waals surface area contributed by atoms with Gasteiger partial charge < -0.3 is 4.57 Å². The zero-order valence-electron chi connectivity index (χ0n) is 14.0. The first-order valence-electron chi connectivity index (χ1n) is 8.79. The molecule has 122 valence electrons. The van der Waals surface area contributed by atoms with E-state index in [1.165, 1.54) is 48.4 Å². The van der Waals surface area contributed by atoms with Gasteiger partial charge in [0.05, 0.1) is 16.7 Å². The van der Waals surface area contributed by atoms with Gasteiger partial charge in [0.2, 0.25) is 0 Å². The van der Waals surface area contributed by atoms with Crippen LogP contribution in [0.25, 0.3) is 48.4 Å². The SMILES string of the molecule is c1ccc2c(-n3c4ccccc4c4cc5ccsc5cc43)cccc2c1. The number of rotatable bonds is 1. The lowest BCUT2D eigenvalue weighted by Crippen LogP contribution is -1.94. The van der Waals surface area contributed by atoms with E-state index in [9.17, 15) is 0 Å². The third-order valence-corrected chi connectivity index (χ3v) is 6.13. The maximum Gasteiger partial charge on any atom is 0.0555 e. The molecule has 0 fully saturated rings. The number of para-hydroxylation sites is 1. The van der Waals surface area contributed by atoms with E-state index >= 15 is 0 Å². The van der Waals surface area contributed by atoms with Crippen molar-refractivity contribution in [2.45, 2.75) is 0 Å². The Hall–Kier alpha value is -3.10. The van der Waals surface area contributed by atoms with Gasteiger partial charge in [-0.25, -0.2) is 0 Å². The largest absolute Gasteiger partial charge is 0.309 e. The van der Waals surface area contributed by atoms with Gasteiger partial charge >= 0.3 is 0 Å². The number of hydrogen-bond donors (Lipinski definition) is 0. The monoisotopic (exact) mass is 349 g/mol. The van der Waals surface area contributed by atoms with Gasteiger partial charge in [-0.3, -0.25) is 0 Å². The number of nitrogens with zero attached hydrogens (tertiary/aromatic N) is 1. The van der Waals surface area contributed by atoms with Gasteiger partial charge in [0.15, 0.2) is 0 Å². The molecule has 1 nitrogen and oxygen atoms in total. The third kappa shape index (κ3) is 1.85. The van der Waals surface area contributed by atoms with Crippen molar-refractivity contribution in [3.63, 3.8) is 0 Å². The lowest BCUT2D eigenvalue weighted by atomic mass is 10.1. The summed E-state index contributed by atoms with van der Waals surface area (Å²) >= 11 is 1.81. The van der Waals surface area contributed by atoms with Gasteiger partial charge in [0, 0.05) is 20.9 Å². The molecule has 0 spiro atoms. The highest BCUT2D eigenvalue weighted by Gasteiger charge is 2.14. The number of benzene rings is 4. The molecule has 6 aromatic rings. The number of fused-ring (bicyclic) bond motifs is 5. The van der Waals surface area contributed by atoms with E-state index < -0.39 is 0 Å². The van der Waals surface area contributed by atoms with E-state index in [2.05, 4.69) is 94.9 Å². The summed E-state index contributed by atoms with van der Waals surface area (Å²) in [4.78, 5) is 0. The molecule has 0 aliphatic carbocycles. The molecule has 26 heavy (non-hydrogen) atoms. The molecule has 2 heteroatoms. The average Bonchev–Trinajstić information content (AvgIpc) is 3.27. The Bertz CT molecular complexity index is 1430. The van der Waals surface area contributed by atoms with Gasteiger partial charge in [-0.1, -0.05) is 54.6 Å². The first-order valence-corrected chi connectivity index (χ1v) is 9.67. The van der Waals surface area contributed by atoms with E-state index in [1.54, 1.807) is 11.3 Å². The maximum absolute atomic E-state index is 2.42. The molecular formula is C24H15NS. The summed E-state index contributed by atoms with van der Waals surface area (Å²) < 4.78 is 3.76. The Morgan fingerprint density at radius 3 is 2.35 bits per heavy atom. The van der Waals surface area contributed by atoms with Crippen molar-refractivity contribution in [2.24, 2.45) is 0 Å². The fraction of sp³-hybridized carbons (Fsp3) is 0. The standard InChI is InChI=1S/C24H15NS/c1-2-8-18-16(6-1)7-5-11-21(18)25-22-10-4-3-9-19(22)20-14-17-12-13-26-24(17)15-23(20)25/h1-15H. The smallest absolute Gasteiger partial charge is 0.0555 e. The minimum absolute atomic E-state index is 1.24. The lowest BCUT2D eigenvalue weighted by Gasteiger charge is -2.11.